The molecule has 0 fully saturated rings. The first kappa shape index (κ1) is 14.0. The first-order valence-corrected chi connectivity index (χ1v) is 5.58. The maximum atomic E-state index is 13.3. The van der Waals surface area contributed by atoms with Gasteiger partial charge in [-0.1, -0.05) is 6.08 Å². The monoisotopic (exact) mass is 253 g/mol. The van der Waals surface area contributed by atoms with Gasteiger partial charge in [0.2, 0.25) is 0 Å². The molecule has 4 nitrogen and oxygen atoms in total. The van der Waals surface area contributed by atoms with Gasteiger partial charge < -0.3 is 14.8 Å². The van der Waals surface area contributed by atoms with Gasteiger partial charge in [-0.05, 0) is 19.1 Å². The molecule has 0 aliphatic rings. The predicted octanol–water partition coefficient (Wildman–Crippen LogP) is 2.37. The van der Waals surface area contributed by atoms with Crippen LogP contribution in [0.1, 0.15) is 6.92 Å². The molecule has 0 bridgehead atoms. The zero-order chi connectivity index (χ0) is 13.4. The van der Waals surface area contributed by atoms with Crippen molar-refractivity contribution in [3.63, 3.8) is 0 Å². The summed E-state index contributed by atoms with van der Waals surface area (Å²) in [6.45, 7) is 2.50. The van der Waals surface area contributed by atoms with Crippen LogP contribution in [-0.4, -0.2) is 26.2 Å². The normalized spacial score (nSPS) is 10.4. The highest BCUT2D eigenvalue weighted by Crippen LogP contribution is 2.20. The van der Waals surface area contributed by atoms with Gasteiger partial charge in [0.1, 0.15) is 0 Å². The third-order valence-electron chi connectivity index (χ3n) is 2.12. The van der Waals surface area contributed by atoms with E-state index < -0.39 is 5.82 Å². The maximum Gasteiger partial charge on any atom is 0.330 e. The molecule has 1 rings (SSSR count). The maximum absolute atomic E-state index is 13.3. The summed E-state index contributed by atoms with van der Waals surface area (Å²) in [7, 11) is 1.41. The molecule has 0 aliphatic heterocycles. The molecule has 0 atom stereocenters. The second kappa shape index (κ2) is 7.32. The number of esters is 1. The Labute approximate surface area is 105 Å². The van der Waals surface area contributed by atoms with E-state index >= 15 is 0 Å². The van der Waals surface area contributed by atoms with Gasteiger partial charge in [-0.3, -0.25) is 0 Å². The average molecular weight is 253 g/mol. The van der Waals surface area contributed by atoms with Crippen LogP contribution in [0.2, 0.25) is 0 Å². The third kappa shape index (κ3) is 4.45. The van der Waals surface area contributed by atoms with Crippen molar-refractivity contribution in [2.75, 3.05) is 25.6 Å². The third-order valence-corrected chi connectivity index (χ3v) is 2.12. The molecule has 0 unspecified atom stereocenters. The number of rotatable bonds is 6. The molecule has 1 N–H and O–H groups in total. The van der Waals surface area contributed by atoms with E-state index in [4.69, 9.17) is 9.47 Å². The zero-order valence-electron chi connectivity index (χ0n) is 10.4. The van der Waals surface area contributed by atoms with E-state index in [1.807, 2.05) is 0 Å². The molecule has 0 saturated carbocycles. The number of anilines is 1. The Balaban J connectivity index is 2.44. The van der Waals surface area contributed by atoms with Crippen molar-refractivity contribution in [3.05, 3.63) is 36.2 Å². The highest BCUT2D eigenvalue weighted by atomic mass is 19.1. The summed E-state index contributed by atoms with van der Waals surface area (Å²) >= 11 is 0. The van der Waals surface area contributed by atoms with Gasteiger partial charge in [0.05, 0.1) is 13.7 Å². The minimum atomic E-state index is -0.433. The zero-order valence-corrected chi connectivity index (χ0v) is 10.4. The summed E-state index contributed by atoms with van der Waals surface area (Å²) in [5, 5.41) is 2.94. The fourth-order valence-corrected chi connectivity index (χ4v) is 1.30. The van der Waals surface area contributed by atoms with Gasteiger partial charge in [0.25, 0.3) is 0 Å². The molecular weight excluding hydrogens is 237 g/mol. The lowest BCUT2D eigenvalue weighted by Gasteiger charge is -2.06. The summed E-state index contributed by atoms with van der Waals surface area (Å²) in [4.78, 5) is 11.0. The average Bonchev–Trinajstić information content (AvgIpc) is 2.35. The smallest absolute Gasteiger partial charge is 0.330 e. The van der Waals surface area contributed by atoms with Crippen LogP contribution in [0, 0.1) is 5.82 Å². The number of hydrogen-bond donors (Lipinski definition) is 1. The molecule has 0 heterocycles. The fourth-order valence-electron chi connectivity index (χ4n) is 1.30. The first-order chi connectivity index (χ1) is 8.67. The molecular formula is C13H16FNO3. The number of hydrogen-bond acceptors (Lipinski definition) is 4. The topological polar surface area (TPSA) is 47.6 Å². The molecule has 0 aliphatic carbocycles. The molecule has 18 heavy (non-hydrogen) atoms. The van der Waals surface area contributed by atoms with E-state index in [1.54, 1.807) is 19.1 Å². The second-order valence-electron chi connectivity index (χ2n) is 3.38. The Kier molecular flexibility index (Phi) is 5.70. The van der Waals surface area contributed by atoms with Crippen LogP contribution in [0.5, 0.6) is 5.75 Å². The Morgan fingerprint density at radius 3 is 2.89 bits per heavy atom. The van der Waals surface area contributed by atoms with E-state index in [2.05, 4.69) is 5.32 Å². The highest BCUT2D eigenvalue weighted by molar-refractivity contribution is 5.81. The fraction of sp³-hybridized carbons (Fsp3) is 0.308. The molecule has 5 heteroatoms. The van der Waals surface area contributed by atoms with Gasteiger partial charge in [-0.15, -0.1) is 0 Å². The number of ether oxygens (including phenoxy) is 2. The molecule has 1 aromatic carbocycles. The first-order valence-electron chi connectivity index (χ1n) is 5.58. The Bertz CT molecular complexity index is 432. The number of carbonyl (C=O) groups is 1. The summed E-state index contributed by atoms with van der Waals surface area (Å²) in [6.07, 6.45) is 2.94. The number of halogens is 1. The van der Waals surface area contributed by atoms with Crippen molar-refractivity contribution >= 4 is 11.7 Å². The van der Waals surface area contributed by atoms with Crippen LogP contribution in [-0.2, 0) is 9.53 Å². The minimum absolute atomic E-state index is 0.197. The van der Waals surface area contributed by atoms with E-state index in [-0.39, 0.29) is 11.7 Å². The van der Waals surface area contributed by atoms with E-state index in [9.17, 15) is 9.18 Å². The van der Waals surface area contributed by atoms with E-state index in [1.165, 1.54) is 25.3 Å². The number of nitrogens with one attached hydrogen (secondary N) is 1. The SMILES string of the molecule is CCOC(=O)/C=C/CNc1ccc(OC)c(F)c1. The van der Waals surface area contributed by atoms with Crippen molar-refractivity contribution in [1.29, 1.82) is 0 Å². The van der Waals surface area contributed by atoms with Crippen LogP contribution in [0.3, 0.4) is 0 Å². The lowest BCUT2D eigenvalue weighted by molar-refractivity contribution is -0.137. The van der Waals surface area contributed by atoms with Crippen molar-refractivity contribution in [1.82, 2.24) is 0 Å². The van der Waals surface area contributed by atoms with Crippen LogP contribution < -0.4 is 10.1 Å². The standard InChI is InChI=1S/C13H16FNO3/c1-3-18-13(16)5-4-8-15-10-6-7-12(17-2)11(14)9-10/h4-7,9,15H,3,8H2,1-2H3/b5-4+. The summed E-state index contributed by atoms with van der Waals surface area (Å²) in [5.74, 6) is -0.625. The van der Waals surface area contributed by atoms with Crippen LogP contribution >= 0.6 is 0 Å². The van der Waals surface area contributed by atoms with E-state index in [0.717, 1.165) is 0 Å². The summed E-state index contributed by atoms with van der Waals surface area (Å²) in [6, 6.07) is 4.56. The van der Waals surface area contributed by atoms with Gasteiger partial charge in [0, 0.05) is 24.4 Å². The van der Waals surface area contributed by atoms with Gasteiger partial charge in [-0.25, -0.2) is 9.18 Å². The predicted molar refractivity (Wildman–Crippen MR) is 67.2 cm³/mol. The van der Waals surface area contributed by atoms with Crippen molar-refractivity contribution in [2.45, 2.75) is 6.92 Å². The van der Waals surface area contributed by atoms with Crippen LogP contribution in [0.25, 0.3) is 0 Å². The second-order valence-corrected chi connectivity index (χ2v) is 3.38. The minimum Gasteiger partial charge on any atom is -0.494 e. The van der Waals surface area contributed by atoms with Crippen LogP contribution in [0.4, 0.5) is 10.1 Å². The molecule has 98 valence electrons. The quantitative estimate of drug-likeness (QED) is 0.624. The summed E-state index contributed by atoms with van der Waals surface area (Å²) < 4.78 is 22.9. The van der Waals surface area contributed by atoms with Gasteiger partial charge in [-0.2, -0.15) is 0 Å². The highest BCUT2D eigenvalue weighted by Gasteiger charge is 2.02. The largest absolute Gasteiger partial charge is 0.494 e. The lowest BCUT2D eigenvalue weighted by atomic mass is 10.3. The van der Waals surface area contributed by atoms with E-state index in [0.29, 0.717) is 18.8 Å². The summed E-state index contributed by atoms with van der Waals surface area (Å²) in [5.41, 5.74) is 0.613. The van der Waals surface area contributed by atoms with Crippen molar-refractivity contribution < 1.29 is 18.7 Å². The molecule has 0 spiro atoms. The van der Waals surface area contributed by atoms with Crippen molar-refractivity contribution in [3.8, 4) is 5.75 Å². The van der Waals surface area contributed by atoms with Gasteiger partial charge in [0.15, 0.2) is 11.6 Å². The Morgan fingerprint density at radius 2 is 2.28 bits per heavy atom. The molecule has 0 saturated heterocycles. The van der Waals surface area contributed by atoms with Crippen LogP contribution in [0.15, 0.2) is 30.4 Å². The lowest BCUT2D eigenvalue weighted by Crippen LogP contribution is -2.02. The molecule has 0 amide bonds. The molecule has 0 radical (unpaired) electrons. The number of benzene rings is 1. The Morgan fingerprint density at radius 1 is 1.50 bits per heavy atom. The van der Waals surface area contributed by atoms with Gasteiger partial charge >= 0.3 is 5.97 Å². The van der Waals surface area contributed by atoms with Crippen molar-refractivity contribution in [2.24, 2.45) is 0 Å². The number of methoxy groups -OCH3 is 1. The number of carbonyl (C=O) groups excluding carboxylic acids is 1. The molecule has 1 aromatic rings. The molecule has 0 aromatic heterocycles. The Hall–Kier alpha value is -2.04.